The molecular weight excluding hydrogens is 326 g/mol. The van der Waals surface area contributed by atoms with E-state index >= 15 is 0 Å². The van der Waals surface area contributed by atoms with Crippen molar-refractivity contribution in [1.29, 1.82) is 0 Å². The number of fused-ring (bicyclic) bond motifs is 1. The number of hydrogen-bond donors (Lipinski definition) is 1. The van der Waals surface area contributed by atoms with Crippen LogP contribution in [0.5, 0.6) is 0 Å². The van der Waals surface area contributed by atoms with E-state index < -0.39 is 0 Å². The average Bonchev–Trinajstić information content (AvgIpc) is 2.97. The van der Waals surface area contributed by atoms with Gasteiger partial charge in [0.05, 0.1) is 5.56 Å². The third-order valence-electron chi connectivity index (χ3n) is 5.87. The molecule has 2 heterocycles. The quantitative estimate of drug-likeness (QED) is 0.899. The van der Waals surface area contributed by atoms with Crippen LogP contribution in [0.1, 0.15) is 48.9 Å². The Morgan fingerprint density at radius 2 is 1.62 bits per heavy atom. The molecule has 2 fully saturated rings. The van der Waals surface area contributed by atoms with Gasteiger partial charge in [0.2, 0.25) is 5.91 Å². The Hall–Kier alpha value is -2.30. The molecule has 0 atom stereocenters. The summed E-state index contributed by atoms with van der Waals surface area (Å²) in [6.45, 7) is 2.76. The van der Waals surface area contributed by atoms with Gasteiger partial charge in [-0.15, -0.1) is 0 Å². The van der Waals surface area contributed by atoms with Gasteiger partial charge >= 0.3 is 0 Å². The first kappa shape index (κ1) is 17.1. The molecule has 1 aliphatic carbocycles. The van der Waals surface area contributed by atoms with Gasteiger partial charge in [0, 0.05) is 49.2 Å². The average molecular weight is 353 g/mol. The molecule has 1 aromatic carbocycles. The number of hydrogen-bond acceptors (Lipinski definition) is 2. The number of H-pyrrole nitrogens is 1. The summed E-state index contributed by atoms with van der Waals surface area (Å²) >= 11 is 0. The molecule has 1 N–H and O–H groups in total. The number of carbonyl (C=O) groups is 2. The van der Waals surface area contributed by atoms with E-state index in [2.05, 4.69) is 4.98 Å². The normalized spacial score (nSPS) is 19.5. The molecule has 5 heteroatoms. The van der Waals surface area contributed by atoms with Gasteiger partial charge in [-0.25, -0.2) is 0 Å². The second-order valence-corrected chi connectivity index (χ2v) is 7.55. The Bertz CT molecular complexity index is 791. The molecule has 1 saturated heterocycles. The van der Waals surface area contributed by atoms with Crippen LogP contribution < -0.4 is 0 Å². The van der Waals surface area contributed by atoms with Crippen molar-refractivity contribution in [2.45, 2.75) is 38.5 Å². The van der Waals surface area contributed by atoms with Crippen LogP contribution in [0.25, 0.3) is 10.9 Å². The van der Waals surface area contributed by atoms with Crippen LogP contribution in [0.4, 0.5) is 0 Å². The van der Waals surface area contributed by atoms with Crippen LogP contribution in [0.2, 0.25) is 0 Å². The Morgan fingerprint density at radius 1 is 0.885 bits per heavy atom. The van der Waals surface area contributed by atoms with E-state index in [1.54, 1.807) is 0 Å². The SMILES string of the molecule is O=C(c1c[nH]c2ccccc12)N1CCCN(C(=O)C2CCCCC2)CC1. The minimum Gasteiger partial charge on any atom is -0.360 e. The van der Waals surface area contributed by atoms with Crippen LogP contribution in [-0.2, 0) is 4.79 Å². The van der Waals surface area contributed by atoms with Crippen LogP contribution in [0, 0.1) is 5.92 Å². The molecule has 0 spiro atoms. The van der Waals surface area contributed by atoms with E-state index in [1.165, 1.54) is 19.3 Å². The number of rotatable bonds is 2. The predicted octanol–water partition coefficient (Wildman–Crippen LogP) is 3.42. The fourth-order valence-electron chi connectivity index (χ4n) is 4.37. The second-order valence-electron chi connectivity index (χ2n) is 7.55. The number of aromatic amines is 1. The fraction of sp³-hybridized carbons (Fsp3) is 0.524. The third kappa shape index (κ3) is 3.35. The topological polar surface area (TPSA) is 56.4 Å². The Morgan fingerprint density at radius 3 is 2.46 bits per heavy atom. The van der Waals surface area contributed by atoms with Crippen LogP contribution in [-0.4, -0.2) is 52.8 Å². The molecule has 26 heavy (non-hydrogen) atoms. The maximum absolute atomic E-state index is 13.0. The number of nitrogens with one attached hydrogen (secondary N) is 1. The van der Waals surface area contributed by atoms with Crippen LogP contribution in [0.3, 0.4) is 0 Å². The largest absolute Gasteiger partial charge is 0.360 e. The molecule has 2 aromatic rings. The number of nitrogens with zero attached hydrogens (tertiary/aromatic N) is 2. The zero-order valence-corrected chi connectivity index (χ0v) is 15.2. The maximum Gasteiger partial charge on any atom is 0.256 e. The second kappa shape index (κ2) is 7.52. The molecule has 1 saturated carbocycles. The molecule has 1 aliphatic heterocycles. The van der Waals surface area contributed by atoms with Crippen molar-refractivity contribution < 1.29 is 9.59 Å². The third-order valence-corrected chi connectivity index (χ3v) is 5.87. The molecule has 0 radical (unpaired) electrons. The zero-order valence-electron chi connectivity index (χ0n) is 15.2. The van der Waals surface area contributed by atoms with Crippen molar-refractivity contribution in [1.82, 2.24) is 14.8 Å². The Labute approximate surface area is 154 Å². The van der Waals surface area contributed by atoms with E-state index in [0.717, 1.165) is 42.3 Å². The van der Waals surface area contributed by atoms with E-state index in [0.29, 0.717) is 25.5 Å². The lowest BCUT2D eigenvalue weighted by Crippen LogP contribution is -2.40. The van der Waals surface area contributed by atoms with Crippen molar-refractivity contribution in [2.75, 3.05) is 26.2 Å². The minimum absolute atomic E-state index is 0.0643. The highest BCUT2D eigenvalue weighted by Crippen LogP contribution is 2.26. The lowest BCUT2D eigenvalue weighted by atomic mass is 9.88. The summed E-state index contributed by atoms with van der Waals surface area (Å²) in [6, 6.07) is 7.89. The van der Waals surface area contributed by atoms with Gasteiger partial charge in [0.15, 0.2) is 0 Å². The van der Waals surface area contributed by atoms with Crippen molar-refractivity contribution in [3.8, 4) is 0 Å². The van der Waals surface area contributed by atoms with Crippen molar-refractivity contribution in [2.24, 2.45) is 5.92 Å². The summed E-state index contributed by atoms with van der Waals surface area (Å²) in [5, 5.41) is 0.969. The smallest absolute Gasteiger partial charge is 0.256 e. The first-order valence-corrected chi connectivity index (χ1v) is 9.88. The Balaban J connectivity index is 1.43. The summed E-state index contributed by atoms with van der Waals surface area (Å²) < 4.78 is 0. The molecule has 1 aromatic heterocycles. The summed E-state index contributed by atoms with van der Waals surface area (Å²) in [5.41, 5.74) is 1.72. The van der Waals surface area contributed by atoms with Crippen molar-refractivity contribution in [3.05, 3.63) is 36.0 Å². The molecule has 0 unspecified atom stereocenters. The fourth-order valence-corrected chi connectivity index (χ4v) is 4.37. The number of carbonyl (C=O) groups excluding carboxylic acids is 2. The van der Waals surface area contributed by atoms with Gasteiger partial charge in [0.25, 0.3) is 5.91 Å². The number of para-hydroxylation sites is 1. The minimum atomic E-state index is 0.0643. The molecular formula is C21H27N3O2. The highest BCUT2D eigenvalue weighted by molar-refractivity contribution is 6.06. The van der Waals surface area contributed by atoms with Gasteiger partial charge in [-0.2, -0.15) is 0 Å². The first-order chi connectivity index (χ1) is 12.7. The lowest BCUT2D eigenvalue weighted by Gasteiger charge is -2.28. The van der Waals surface area contributed by atoms with Crippen molar-refractivity contribution >= 4 is 22.7 Å². The van der Waals surface area contributed by atoms with E-state index in [4.69, 9.17) is 0 Å². The number of aromatic nitrogens is 1. The van der Waals surface area contributed by atoms with E-state index in [-0.39, 0.29) is 11.8 Å². The zero-order chi connectivity index (χ0) is 17.9. The summed E-state index contributed by atoms with van der Waals surface area (Å²) in [6.07, 6.45) is 8.34. The van der Waals surface area contributed by atoms with Gasteiger partial charge < -0.3 is 14.8 Å². The molecule has 138 valence electrons. The summed E-state index contributed by atoms with van der Waals surface area (Å²) in [7, 11) is 0. The molecule has 2 amide bonds. The molecule has 0 bridgehead atoms. The molecule has 5 nitrogen and oxygen atoms in total. The monoisotopic (exact) mass is 353 g/mol. The molecule has 2 aliphatic rings. The maximum atomic E-state index is 13.0. The van der Waals surface area contributed by atoms with E-state index in [1.807, 2.05) is 40.3 Å². The van der Waals surface area contributed by atoms with E-state index in [9.17, 15) is 9.59 Å². The number of amides is 2. The first-order valence-electron chi connectivity index (χ1n) is 9.88. The summed E-state index contributed by atoms with van der Waals surface area (Å²) in [5.74, 6) is 0.583. The highest BCUT2D eigenvalue weighted by Gasteiger charge is 2.29. The van der Waals surface area contributed by atoms with Crippen LogP contribution in [0.15, 0.2) is 30.5 Å². The lowest BCUT2D eigenvalue weighted by molar-refractivity contribution is -0.136. The number of benzene rings is 1. The van der Waals surface area contributed by atoms with Gasteiger partial charge in [-0.05, 0) is 25.3 Å². The summed E-state index contributed by atoms with van der Waals surface area (Å²) in [4.78, 5) is 32.9. The van der Waals surface area contributed by atoms with Gasteiger partial charge in [-0.3, -0.25) is 9.59 Å². The molecule has 4 rings (SSSR count). The highest BCUT2D eigenvalue weighted by atomic mass is 16.2. The Kier molecular flexibility index (Phi) is 4.96. The van der Waals surface area contributed by atoms with Gasteiger partial charge in [0.1, 0.15) is 0 Å². The van der Waals surface area contributed by atoms with Crippen LogP contribution >= 0.6 is 0 Å². The van der Waals surface area contributed by atoms with Crippen molar-refractivity contribution in [3.63, 3.8) is 0 Å². The predicted molar refractivity (Wildman–Crippen MR) is 102 cm³/mol. The standard InChI is InChI=1S/C21H27N3O2/c25-20(16-7-2-1-3-8-16)23-11-6-12-24(14-13-23)21(26)18-15-22-19-10-5-4-9-17(18)19/h4-5,9-10,15-16,22H,1-3,6-8,11-14H2. The van der Waals surface area contributed by atoms with Gasteiger partial charge in [-0.1, -0.05) is 37.5 Å².